The molecule has 6 rings (SSSR count). The minimum atomic E-state index is 0.420. The molecule has 0 saturated carbocycles. The van der Waals surface area contributed by atoms with Crippen molar-refractivity contribution in [3.63, 3.8) is 0 Å². The molecule has 3 aromatic rings. The Morgan fingerprint density at radius 1 is 0.909 bits per heavy atom. The second kappa shape index (κ2) is 8.76. The Hall–Kier alpha value is -2.96. The van der Waals surface area contributed by atoms with Crippen LogP contribution in [-0.2, 0) is 13.0 Å². The highest BCUT2D eigenvalue weighted by Crippen LogP contribution is 2.39. The van der Waals surface area contributed by atoms with Crippen LogP contribution in [0.5, 0.6) is 0 Å². The molecule has 170 valence electrons. The van der Waals surface area contributed by atoms with Crippen LogP contribution < -0.4 is 4.90 Å². The molecule has 3 aliphatic heterocycles. The molecule has 6 heteroatoms. The van der Waals surface area contributed by atoms with Gasteiger partial charge in [0.25, 0.3) is 0 Å². The van der Waals surface area contributed by atoms with Gasteiger partial charge in [0.1, 0.15) is 0 Å². The molecule has 33 heavy (non-hydrogen) atoms. The fourth-order valence-electron chi connectivity index (χ4n) is 5.61. The molecule has 1 unspecified atom stereocenters. The number of aliphatic imine (C=N–C) groups is 1. The fraction of sp³-hybridized carbons (Fsp3) is 0.407. The molecule has 0 bridgehead atoms. The topological polar surface area (TPSA) is 39.9 Å². The summed E-state index contributed by atoms with van der Waals surface area (Å²) in [5.41, 5.74) is 7.78. The van der Waals surface area contributed by atoms with Crippen LogP contribution in [0, 0.1) is 0 Å². The van der Waals surface area contributed by atoms with Gasteiger partial charge in [-0.05, 0) is 55.8 Å². The third kappa shape index (κ3) is 3.98. The van der Waals surface area contributed by atoms with Gasteiger partial charge in [0.15, 0.2) is 0 Å². The number of nitrogens with zero attached hydrogens (tertiary/aromatic N) is 6. The van der Waals surface area contributed by atoms with Crippen molar-refractivity contribution in [2.75, 3.05) is 44.7 Å². The van der Waals surface area contributed by atoms with Gasteiger partial charge < -0.3 is 9.80 Å². The largest absolute Gasteiger partial charge is 0.367 e. The van der Waals surface area contributed by atoms with Crippen LogP contribution in [0.25, 0.3) is 5.69 Å². The SMILES string of the molecule is CN1CCN(c2cccc3c2N=C(C2CCCN2Cc2ccccc2-n2cccn2)C3)CC1. The van der Waals surface area contributed by atoms with Gasteiger partial charge in [0.2, 0.25) is 0 Å². The average Bonchev–Trinajstić information content (AvgIpc) is 3.60. The van der Waals surface area contributed by atoms with E-state index in [-0.39, 0.29) is 0 Å². The summed E-state index contributed by atoms with van der Waals surface area (Å²) in [6.45, 7) is 6.45. The molecular weight excluding hydrogens is 408 g/mol. The Morgan fingerprint density at radius 3 is 2.61 bits per heavy atom. The van der Waals surface area contributed by atoms with Gasteiger partial charge in [-0.25, -0.2) is 4.68 Å². The van der Waals surface area contributed by atoms with Gasteiger partial charge in [0.05, 0.1) is 17.1 Å². The number of para-hydroxylation sites is 2. The van der Waals surface area contributed by atoms with E-state index in [4.69, 9.17) is 4.99 Å². The van der Waals surface area contributed by atoms with Crippen LogP contribution in [-0.4, -0.2) is 71.1 Å². The zero-order valence-corrected chi connectivity index (χ0v) is 19.4. The highest BCUT2D eigenvalue weighted by molar-refractivity contribution is 6.00. The molecule has 3 aliphatic rings. The zero-order chi connectivity index (χ0) is 22.2. The van der Waals surface area contributed by atoms with Crippen LogP contribution >= 0.6 is 0 Å². The summed E-state index contributed by atoms with van der Waals surface area (Å²) in [4.78, 5) is 12.9. The molecule has 0 spiro atoms. The first-order valence-corrected chi connectivity index (χ1v) is 12.2. The van der Waals surface area contributed by atoms with Crippen molar-refractivity contribution in [2.24, 2.45) is 4.99 Å². The lowest BCUT2D eigenvalue weighted by molar-refractivity contribution is 0.293. The second-order valence-electron chi connectivity index (χ2n) is 9.56. The Balaban J connectivity index is 1.25. The Morgan fingerprint density at radius 2 is 1.76 bits per heavy atom. The summed E-state index contributed by atoms with van der Waals surface area (Å²) in [5.74, 6) is 0. The summed E-state index contributed by atoms with van der Waals surface area (Å²) < 4.78 is 1.98. The zero-order valence-electron chi connectivity index (χ0n) is 19.4. The molecule has 0 N–H and O–H groups in total. The fourth-order valence-corrected chi connectivity index (χ4v) is 5.61. The smallest absolute Gasteiger partial charge is 0.0899 e. The molecule has 1 atom stereocenters. The lowest BCUT2D eigenvalue weighted by atomic mass is 10.0. The second-order valence-corrected chi connectivity index (χ2v) is 9.56. The summed E-state index contributed by atoms with van der Waals surface area (Å²) in [7, 11) is 2.21. The number of anilines is 1. The predicted octanol–water partition coefficient (Wildman–Crippen LogP) is 3.92. The van der Waals surface area contributed by atoms with Gasteiger partial charge in [0, 0.05) is 63.3 Å². The number of fused-ring (bicyclic) bond motifs is 1. The van der Waals surface area contributed by atoms with E-state index in [9.17, 15) is 0 Å². The Kier molecular flexibility index (Phi) is 5.48. The van der Waals surface area contributed by atoms with E-state index in [1.165, 1.54) is 46.7 Å². The van der Waals surface area contributed by atoms with E-state index in [1.807, 2.05) is 23.1 Å². The van der Waals surface area contributed by atoms with Gasteiger partial charge in [-0.15, -0.1) is 0 Å². The first-order chi connectivity index (χ1) is 16.3. The van der Waals surface area contributed by atoms with Gasteiger partial charge in [-0.1, -0.05) is 30.3 Å². The Bertz CT molecular complexity index is 1140. The van der Waals surface area contributed by atoms with Crippen LogP contribution in [0.4, 0.5) is 11.4 Å². The van der Waals surface area contributed by atoms with Crippen LogP contribution in [0.15, 0.2) is 65.9 Å². The third-order valence-electron chi connectivity index (χ3n) is 7.43. The number of likely N-dealkylation sites (N-methyl/N-ethyl adjacent to an activating group) is 1. The summed E-state index contributed by atoms with van der Waals surface area (Å²) >= 11 is 0. The van der Waals surface area contributed by atoms with Crippen LogP contribution in [0.2, 0.25) is 0 Å². The quantitative estimate of drug-likeness (QED) is 0.603. The molecule has 2 aromatic carbocycles. The normalized spacial score (nSPS) is 21.4. The number of hydrogen-bond donors (Lipinski definition) is 0. The van der Waals surface area contributed by atoms with E-state index in [1.54, 1.807) is 0 Å². The lowest BCUT2D eigenvalue weighted by Gasteiger charge is -2.34. The van der Waals surface area contributed by atoms with Crippen LogP contribution in [0.3, 0.4) is 0 Å². The lowest BCUT2D eigenvalue weighted by Crippen LogP contribution is -2.44. The van der Waals surface area contributed by atoms with Gasteiger partial charge in [-0.3, -0.25) is 9.89 Å². The molecule has 0 radical (unpaired) electrons. The number of aromatic nitrogens is 2. The number of benzene rings is 2. The van der Waals surface area contributed by atoms with Crippen molar-refractivity contribution in [1.29, 1.82) is 0 Å². The molecule has 2 saturated heterocycles. The highest BCUT2D eigenvalue weighted by atomic mass is 15.3. The van der Waals surface area contributed by atoms with Crippen molar-refractivity contribution in [3.05, 3.63) is 72.1 Å². The van der Waals surface area contributed by atoms with Gasteiger partial charge >= 0.3 is 0 Å². The summed E-state index contributed by atoms with van der Waals surface area (Å²) in [6, 6.07) is 17.8. The van der Waals surface area contributed by atoms with E-state index in [0.29, 0.717) is 6.04 Å². The minimum Gasteiger partial charge on any atom is -0.367 e. The van der Waals surface area contributed by atoms with E-state index >= 15 is 0 Å². The maximum atomic E-state index is 5.29. The van der Waals surface area contributed by atoms with Gasteiger partial charge in [-0.2, -0.15) is 5.10 Å². The van der Waals surface area contributed by atoms with E-state index < -0.39 is 0 Å². The Labute approximate surface area is 196 Å². The molecule has 6 nitrogen and oxygen atoms in total. The molecule has 4 heterocycles. The summed E-state index contributed by atoms with van der Waals surface area (Å²) in [5, 5.41) is 4.47. The third-order valence-corrected chi connectivity index (χ3v) is 7.43. The molecule has 0 amide bonds. The van der Waals surface area contributed by atoms with E-state index in [2.05, 4.69) is 69.3 Å². The minimum absolute atomic E-state index is 0.420. The van der Waals surface area contributed by atoms with E-state index in [0.717, 1.165) is 45.7 Å². The van der Waals surface area contributed by atoms with Crippen LogP contribution in [0.1, 0.15) is 24.0 Å². The van der Waals surface area contributed by atoms with Crippen molar-refractivity contribution >= 4 is 17.1 Å². The van der Waals surface area contributed by atoms with Crippen molar-refractivity contribution in [2.45, 2.75) is 31.8 Å². The number of hydrogen-bond acceptors (Lipinski definition) is 5. The molecule has 1 aromatic heterocycles. The van der Waals surface area contributed by atoms with Crippen molar-refractivity contribution in [1.82, 2.24) is 19.6 Å². The first-order valence-electron chi connectivity index (χ1n) is 12.2. The molecule has 2 fully saturated rings. The maximum absolute atomic E-state index is 5.29. The number of likely N-dealkylation sites (tertiary alicyclic amines) is 1. The van der Waals surface area contributed by atoms with Crippen molar-refractivity contribution < 1.29 is 0 Å². The maximum Gasteiger partial charge on any atom is 0.0899 e. The highest BCUT2D eigenvalue weighted by Gasteiger charge is 2.33. The molecule has 0 aliphatic carbocycles. The first kappa shape index (κ1) is 20.6. The number of rotatable bonds is 5. The number of piperazine rings is 1. The monoisotopic (exact) mass is 440 g/mol. The van der Waals surface area contributed by atoms with Crippen molar-refractivity contribution in [3.8, 4) is 5.69 Å². The summed E-state index contributed by atoms with van der Waals surface area (Å²) in [6.07, 6.45) is 7.28. The molecular formula is C27H32N6. The average molecular weight is 441 g/mol. The predicted molar refractivity (Wildman–Crippen MR) is 134 cm³/mol. The standard InChI is InChI=1S/C27H32N6/c1-30-15-17-31(18-16-30)26-10-4-8-21-19-23(29-27(21)26)25-11-5-13-32(25)20-22-7-2-3-9-24(22)33-14-6-12-28-33/h2-4,6-10,12,14,25H,5,11,13,15-20H2,1H3.